The van der Waals surface area contributed by atoms with Crippen molar-refractivity contribution in [3.05, 3.63) is 63.7 Å². The van der Waals surface area contributed by atoms with Crippen LogP contribution in [0.3, 0.4) is 0 Å². The molecule has 124 valence electrons. The summed E-state index contributed by atoms with van der Waals surface area (Å²) in [6.07, 6.45) is 2.49. The Hall–Kier alpha value is -3.35. The Labute approximate surface area is 137 Å². The third-order valence-corrected chi connectivity index (χ3v) is 3.32. The lowest BCUT2D eigenvalue weighted by atomic mass is 10.1. The Morgan fingerprint density at radius 2 is 1.79 bits per heavy atom. The smallest absolute Gasteiger partial charge is 0.353 e. The molecule has 0 fully saturated rings. The van der Waals surface area contributed by atoms with Gasteiger partial charge in [-0.15, -0.1) is 0 Å². The van der Waals surface area contributed by atoms with E-state index in [1.54, 1.807) is 30.3 Å². The molecule has 0 radical (unpaired) electrons. The average Bonchev–Trinajstić information content (AvgIpc) is 2.59. The second-order valence-electron chi connectivity index (χ2n) is 4.71. The molecule has 0 bridgehead atoms. The summed E-state index contributed by atoms with van der Waals surface area (Å²) in [5, 5.41) is 21.3. The number of allylic oxidation sites excluding steroid dienone is 1. The van der Waals surface area contributed by atoms with Gasteiger partial charge >= 0.3 is 5.69 Å². The SMILES string of the molecule is COc1cc(OC)c([N+](=O)[O-])c(O)c1C=CC(=O)c1ccccc1. The normalized spacial score (nSPS) is 10.6. The zero-order valence-electron chi connectivity index (χ0n) is 13.1. The molecule has 7 nitrogen and oxygen atoms in total. The lowest BCUT2D eigenvalue weighted by molar-refractivity contribution is -0.386. The van der Waals surface area contributed by atoms with Gasteiger partial charge in [-0.2, -0.15) is 0 Å². The number of hydrogen-bond acceptors (Lipinski definition) is 6. The second kappa shape index (κ2) is 7.28. The molecule has 7 heteroatoms. The van der Waals surface area contributed by atoms with Crippen molar-refractivity contribution in [1.82, 2.24) is 0 Å². The molecule has 0 aliphatic carbocycles. The van der Waals surface area contributed by atoms with Crippen LogP contribution in [0.25, 0.3) is 6.08 Å². The highest BCUT2D eigenvalue weighted by Gasteiger charge is 2.26. The van der Waals surface area contributed by atoms with Crippen molar-refractivity contribution in [2.45, 2.75) is 0 Å². The molecule has 24 heavy (non-hydrogen) atoms. The Balaban J connectivity index is 2.49. The molecule has 0 aliphatic heterocycles. The molecule has 0 atom stereocenters. The fourth-order valence-corrected chi connectivity index (χ4v) is 2.15. The maximum Gasteiger partial charge on any atom is 0.353 e. The number of carbonyl (C=O) groups excluding carboxylic acids is 1. The fraction of sp³-hybridized carbons (Fsp3) is 0.118. The first-order chi connectivity index (χ1) is 11.5. The van der Waals surface area contributed by atoms with E-state index in [1.807, 2.05) is 0 Å². The number of nitro groups is 1. The third kappa shape index (κ3) is 3.35. The standard InChI is InChI=1S/C17H15NO6/c1-23-14-10-15(24-2)16(18(21)22)17(20)12(14)8-9-13(19)11-6-4-3-5-7-11/h3-10,20H,1-2H3. The number of nitro benzene ring substituents is 1. The lowest BCUT2D eigenvalue weighted by Gasteiger charge is -2.10. The summed E-state index contributed by atoms with van der Waals surface area (Å²) in [6, 6.07) is 9.78. The molecule has 0 aliphatic rings. The zero-order chi connectivity index (χ0) is 17.7. The highest BCUT2D eigenvalue weighted by atomic mass is 16.6. The van der Waals surface area contributed by atoms with Crippen molar-refractivity contribution in [2.24, 2.45) is 0 Å². The Morgan fingerprint density at radius 3 is 2.33 bits per heavy atom. The minimum atomic E-state index is -0.760. The van der Waals surface area contributed by atoms with Gasteiger partial charge in [0.2, 0.25) is 11.5 Å². The third-order valence-electron chi connectivity index (χ3n) is 3.32. The van der Waals surface area contributed by atoms with Crippen LogP contribution >= 0.6 is 0 Å². The summed E-state index contributed by atoms with van der Waals surface area (Å²) < 4.78 is 10.0. The maximum atomic E-state index is 12.1. The van der Waals surface area contributed by atoms with E-state index < -0.39 is 16.4 Å². The van der Waals surface area contributed by atoms with Gasteiger partial charge in [0.05, 0.1) is 24.7 Å². The molecule has 0 amide bonds. The summed E-state index contributed by atoms with van der Waals surface area (Å²) in [7, 11) is 2.59. The number of ether oxygens (including phenoxy) is 2. The molecule has 0 spiro atoms. The summed E-state index contributed by atoms with van der Waals surface area (Å²) >= 11 is 0. The number of hydrogen-bond donors (Lipinski definition) is 1. The first-order valence-electron chi connectivity index (χ1n) is 6.89. The topological polar surface area (TPSA) is 98.9 Å². The van der Waals surface area contributed by atoms with Crippen molar-refractivity contribution < 1.29 is 24.3 Å². The quantitative estimate of drug-likeness (QED) is 0.378. The van der Waals surface area contributed by atoms with E-state index in [2.05, 4.69) is 0 Å². The lowest BCUT2D eigenvalue weighted by Crippen LogP contribution is -1.99. The summed E-state index contributed by atoms with van der Waals surface area (Å²) in [4.78, 5) is 22.5. The highest BCUT2D eigenvalue weighted by Crippen LogP contribution is 2.44. The van der Waals surface area contributed by atoms with Crippen LogP contribution in [0.1, 0.15) is 15.9 Å². The van der Waals surface area contributed by atoms with Gasteiger partial charge in [0.15, 0.2) is 5.78 Å². The maximum absolute atomic E-state index is 12.1. The van der Waals surface area contributed by atoms with Gasteiger partial charge in [-0.25, -0.2) is 0 Å². The molecule has 0 aromatic heterocycles. The van der Waals surface area contributed by atoms with Crippen LogP contribution in [0.15, 0.2) is 42.5 Å². The number of methoxy groups -OCH3 is 2. The number of phenols is 1. The first-order valence-corrected chi connectivity index (χ1v) is 6.89. The minimum absolute atomic E-state index is 0.0225. The number of ketones is 1. The van der Waals surface area contributed by atoms with Crippen molar-refractivity contribution >= 4 is 17.5 Å². The molecule has 0 saturated heterocycles. The monoisotopic (exact) mass is 329 g/mol. The number of benzene rings is 2. The molecule has 1 N–H and O–H groups in total. The van der Waals surface area contributed by atoms with E-state index >= 15 is 0 Å². The van der Waals surface area contributed by atoms with Crippen LogP contribution in [0.2, 0.25) is 0 Å². The van der Waals surface area contributed by atoms with Crippen LogP contribution in [0, 0.1) is 10.1 Å². The van der Waals surface area contributed by atoms with E-state index in [4.69, 9.17) is 9.47 Å². The highest BCUT2D eigenvalue weighted by molar-refractivity contribution is 6.07. The van der Waals surface area contributed by atoms with Gasteiger partial charge in [0.1, 0.15) is 5.75 Å². The molecule has 2 rings (SSSR count). The summed E-state index contributed by atoms with van der Waals surface area (Å²) in [5.41, 5.74) is -0.116. The Bertz CT molecular complexity index is 798. The summed E-state index contributed by atoms with van der Waals surface area (Å²) in [6.45, 7) is 0. The van der Waals surface area contributed by atoms with Crippen LogP contribution in [0.4, 0.5) is 5.69 Å². The molecule has 0 heterocycles. The Morgan fingerprint density at radius 1 is 1.17 bits per heavy atom. The minimum Gasteiger partial charge on any atom is -0.501 e. The van der Waals surface area contributed by atoms with Gasteiger partial charge in [0.25, 0.3) is 0 Å². The van der Waals surface area contributed by atoms with E-state index in [9.17, 15) is 20.0 Å². The van der Waals surface area contributed by atoms with Gasteiger partial charge in [-0.05, 0) is 12.2 Å². The number of nitrogens with zero attached hydrogens (tertiary/aromatic N) is 1. The van der Waals surface area contributed by atoms with Crippen molar-refractivity contribution in [2.75, 3.05) is 14.2 Å². The molecule has 2 aromatic carbocycles. The first kappa shape index (κ1) is 17.0. The number of aromatic hydroxyl groups is 1. The van der Waals surface area contributed by atoms with E-state index in [0.717, 1.165) is 0 Å². The predicted octanol–water partition coefficient (Wildman–Crippen LogP) is 3.21. The molecule has 0 saturated carbocycles. The van der Waals surface area contributed by atoms with Gasteiger partial charge in [0, 0.05) is 11.6 Å². The molecular weight excluding hydrogens is 314 g/mol. The van der Waals surface area contributed by atoms with E-state index in [0.29, 0.717) is 5.56 Å². The number of phenolic OH excluding ortho intramolecular Hbond substituents is 1. The molecule has 2 aromatic rings. The van der Waals surface area contributed by atoms with Gasteiger partial charge in [-0.1, -0.05) is 30.3 Å². The largest absolute Gasteiger partial charge is 0.501 e. The van der Waals surface area contributed by atoms with Crippen molar-refractivity contribution in [3.8, 4) is 17.2 Å². The Kier molecular flexibility index (Phi) is 5.16. The van der Waals surface area contributed by atoms with Crippen LogP contribution in [-0.4, -0.2) is 30.0 Å². The van der Waals surface area contributed by atoms with Gasteiger partial charge < -0.3 is 14.6 Å². The van der Waals surface area contributed by atoms with E-state index in [1.165, 1.54) is 32.4 Å². The van der Waals surface area contributed by atoms with E-state index in [-0.39, 0.29) is 22.8 Å². The van der Waals surface area contributed by atoms with Crippen molar-refractivity contribution in [1.29, 1.82) is 0 Å². The van der Waals surface area contributed by atoms with Crippen molar-refractivity contribution in [3.63, 3.8) is 0 Å². The van der Waals surface area contributed by atoms with Crippen LogP contribution < -0.4 is 9.47 Å². The fourth-order valence-electron chi connectivity index (χ4n) is 2.15. The van der Waals surface area contributed by atoms with Crippen LogP contribution in [-0.2, 0) is 0 Å². The number of carbonyl (C=O) groups is 1. The predicted molar refractivity (Wildman–Crippen MR) is 87.7 cm³/mol. The zero-order valence-corrected chi connectivity index (χ0v) is 13.1. The molecule has 0 unspecified atom stereocenters. The summed E-state index contributed by atoms with van der Waals surface area (Å²) in [5.74, 6) is -0.934. The molecular formula is C17H15NO6. The van der Waals surface area contributed by atoms with Gasteiger partial charge in [-0.3, -0.25) is 14.9 Å². The second-order valence-corrected chi connectivity index (χ2v) is 4.71. The number of rotatable bonds is 6. The average molecular weight is 329 g/mol. The van der Waals surface area contributed by atoms with Crippen LogP contribution in [0.5, 0.6) is 17.2 Å².